The van der Waals surface area contributed by atoms with Crippen molar-refractivity contribution in [3.63, 3.8) is 0 Å². The number of piperazine rings is 1. The Morgan fingerprint density at radius 2 is 1.89 bits per heavy atom. The zero-order valence-electron chi connectivity index (χ0n) is 27.0. The largest absolute Gasteiger partial charge is 0.361 e. The average molecular weight is 658 g/mol. The molecule has 3 saturated heterocycles. The molecule has 7 rings (SSSR count). The molecule has 5 heterocycles. The summed E-state index contributed by atoms with van der Waals surface area (Å²) < 4.78 is 32.3. The molecule has 4 aliphatic heterocycles. The van der Waals surface area contributed by atoms with E-state index in [-0.39, 0.29) is 23.8 Å². The predicted molar refractivity (Wildman–Crippen MR) is 169 cm³/mol. The standard InChI is InChI=1S/C31H39N5O5.CH4O3S/c1-16(2)26-28(38)35-11-7-10-24(35)31(40)36(26)29(39)30(41-31,17(3)4)33-27(37)19-12-21-20-8-6-9-22-25(20)18(14-32-22)13-23(21)34(5)15-19;1-5(2,3)4/h6,8-9,12,14,16-17,19,23-24,26,32,40H,7,10-11,13,15H2,1-5H3,(H,33,37);1H3,(H,2,3,4)/t19-,23+,24-,26-,30+,31-;/m0./s1. The van der Waals surface area contributed by atoms with Crippen LogP contribution in [0.3, 0.4) is 0 Å². The number of carbonyl (C=O) groups is 3. The lowest BCUT2D eigenvalue weighted by molar-refractivity contribution is -0.323. The van der Waals surface area contributed by atoms with Crippen LogP contribution in [-0.2, 0) is 35.7 Å². The van der Waals surface area contributed by atoms with E-state index in [2.05, 4.69) is 33.5 Å². The molecule has 1 aromatic heterocycles. The van der Waals surface area contributed by atoms with Crippen LogP contribution < -0.4 is 5.32 Å². The van der Waals surface area contributed by atoms with Crippen LogP contribution in [0.25, 0.3) is 16.5 Å². The molecule has 3 amide bonds. The summed E-state index contributed by atoms with van der Waals surface area (Å²) in [7, 11) is -1.64. The minimum Gasteiger partial charge on any atom is -0.361 e. The summed E-state index contributed by atoms with van der Waals surface area (Å²) in [6, 6.07) is 4.80. The maximum Gasteiger partial charge on any atom is 0.281 e. The maximum absolute atomic E-state index is 14.3. The minimum absolute atomic E-state index is 0.150. The molecule has 3 fully saturated rings. The third-order valence-corrected chi connectivity index (χ3v) is 10.1. The lowest BCUT2D eigenvalue weighted by atomic mass is 9.79. The van der Waals surface area contributed by atoms with Crippen LogP contribution in [0.5, 0.6) is 0 Å². The molecular formula is C32H43N5O8S. The number of hydrogen-bond acceptors (Lipinski definition) is 8. The maximum atomic E-state index is 14.3. The Hall–Kier alpha value is -3.30. The van der Waals surface area contributed by atoms with Crippen molar-refractivity contribution in [2.24, 2.45) is 17.8 Å². The number of benzene rings is 1. The first-order chi connectivity index (χ1) is 21.5. The van der Waals surface area contributed by atoms with Crippen molar-refractivity contribution in [2.75, 3.05) is 26.4 Å². The fourth-order valence-electron chi connectivity index (χ4n) is 7.97. The molecule has 0 bridgehead atoms. The Balaban J connectivity index is 0.000000692. The number of hydrogen-bond donors (Lipinski definition) is 4. The van der Waals surface area contributed by atoms with Crippen molar-refractivity contribution in [1.29, 1.82) is 0 Å². The van der Waals surface area contributed by atoms with Crippen molar-refractivity contribution in [2.45, 2.75) is 76.7 Å². The quantitative estimate of drug-likeness (QED) is 0.356. The van der Waals surface area contributed by atoms with E-state index in [1.54, 1.807) is 18.7 Å². The molecule has 0 saturated carbocycles. The van der Waals surface area contributed by atoms with Gasteiger partial charge in [0.1, 0.15) is 12.1 Å². The van der Waals surface area contributed by atoms with Gasteiger partial charge in [0.25, 0.3) is 21.9 Å². The summed E-state index contributed by atoms with van der Waals surface area (Å²) in [5.41, 5.74) is 2.78. The van der Waals surface area contributed by atoms with Gasteiger partial charge in [-0.3, -0.25) is 33.5 Å². The first-order valence-corrected chi connectivity index (χ1v) is 17.6. The van der Waals surface area contributed by atoms with Crippen LogP contribution in [-0.4, -0.2) is 112 Å². The molecule has 4 N–H and O–H groups in total. The van der Waals surface area contributed by atoms with Crippen molar-refractivity contribution in [3.05, 3.63) is 41.6 Å². The fourth-order valence-corrected chi connectivity index (χ4v) is 7.97. The average Bonchev–Trinajstić information content (AvgIpc) is 3.67. The summed E-state index contributed by atoms with van der Waals surface area (Å²) in [6.07, 6.45) is 6.93. The van der Waals surface area contributed by atoms with Crippen LogP contribution in [0.4, 0.5) is 0 Å². The number of H-pyrrole nitrogens is 1. The number of amides is 3. The molecule has 0 unspecified atom stereocenters. The Bertz CT molecular complexity index is 1730. The Morgan fingerprint density at radius 3 is 2.54 bits per heavy atom. The lowest BCUT2D eigenvalue weighted by Crippen LogP contribution is -2.72. The van der Waals surface area contributed by atoms with Gasteiger partial charge in [-0.25, -0.2) is 0 Å². The molecule has 6 atom stereocenters. The van der Waals surface area contributed by atoms with Gasteiger partial charge in [0, 0.05) is 42.1 Å². The van der Waals surface area contributed by atoms with Crippen LogP contribution >= 0.6 is 0 Å². The van der Waals surface area contributed by atoms with Crippen LogP contribution in [0, 0.1) is 17.8 Å². The van der Waals surface area contributed by atoms with Gasteiger partial charge in [0.2, 0.25) is 17.5 Å². The SMILES string of the molecule is CC(C)[C@H]1C(=O)N2CCC[C@H]2[C@]2(O)O[C@](NC(=O)[C@H]3C=C4c5cccc6[nH]cc(c56)C[C@H]4N(C)C3)(C(C)C)C(=O)N12.CS(=O)(=O)O. The van der Waals surface area contributed by atoms with E-state index in [4.69, 9.17) is 9.29 Å². The van der Waals surface area contributed by atoms with Gasteiger partial charge < -0.3 is 20.3 Å². The molecule has 5 aliphatic rings. The lowest BCUT2D eigenvalue weighted by Gasteiger charge is -2.49. The fraction of sp³-hybridized carbons (Fsp3) is 0.594. The molecule has 1 aromatic carbocycles. The van der Waals surface area contributed by atoms with Crippen LogP contribution in [0.2, 0.25) is 0 Å². The van der Waals surface area contributed by atoms with Crippen molar-refractivity contribution in [1.82, 2.24) is 25.0 Å². The van der Waals surface area contributed by atoms with E-state index >= 15 is 0 Å². The highest BCUT2D eigenvalue weighted by molar-refractivity contribution is 7.85. The molecule has 250 valence electrons. The van der Waals surface area contributed by atoms with Gasteiger partial charge >= 0.3 is 0 Å². The summed E-state index contributed by atoms with van der Waals surface area (Å²) in [4.78, 5) is 50.4. The number of nitrogens with zero attached hydrogens (tertiary/aromatic N) is 3. The summed E-state index contributed by atoms with van der Waals surface area (Å²) in [6.45, 7) is 8.32. The molecule has 14 heteroatoms. The van der Waals surface area contributed by atoms with E-state index in [9.17, 15) is 27.9 Å². The number of rotatable bonds is 4. The van der Waals surface area contributed by atoms with E-state index in [1.807, 2.05) is 33.0 Å². The smallest absolute Gasteiger partial charge is 0.281 e. The number of carbonyl (C=O) groups excluding carboxylic acids is 3. The van der Waals surface area contributed by atoms with Gasteiger partial charge in [-0.15, -0.1) is 0 Å². The second kappa shape index (κ2) is 11.2. The molecule has 13 nitrogen and oxygen atoms in total. The first kappa shape index (κ1) is 32.6. The van der Waals surface area contributed by atoms with Crippen molar-refractivity contribution in [3.8, 4) is 0 Å². The molecule has 2 aromatic rings. The Labute approximate surface area is 268 Å². The topological polar surface area (TPSA) is 173 Å². The van der Waals surface area contributed by atoms with Crippen LogP contribution in [0.15, 0.2) is 30.5 Å². The molecule has 0 radical (unpaired) electrons. The normalized spacial score (nSPS) is 32.3. The Morgan fingerprint density at radius 1 is 1.20 bits per heavy atom. The predicted octanol–water partition coefficient (Wildman–Crippen LogP) is 1.54. The highest BCUT2D eigenvalue weighted by Gasteiger charge is 2.72. The summed E-state index contributed by atoms with van der Waals surface area (Å²) >= 11 is 0. The third-order valence-electron chi connectivity index (χ3n) is 10.1. The van der Waals surface area contributed by atoms with Gasteiger partial charge in [-0.1, -0.05) is 45.9 Å². The molecule has 1 aliphatic carbocycles. The van der Waals surface area contributed by atoms with Gasteiger partial charge in [-0.05, 0) is 55.0 Å². The second-order valence-corrected chi connectivity index (χ2v) is 15.3. The van der Waals surface area contributed by atoms with E-state index in [0.29, 0.717) is 32.2 Å². The number of aromatic amines is 1. The zero-order valence-corrected chi connectivity index (χ0v) is 27.8. The first-order valence-electron chi connectivity index (χ1n) is 15.8. The van der Waals surface area contributed by atoms with Crippen molar-refractivity contribution >= 4 is 44.3 Å². The number of fused-ring (bicyclic) bond motifs is 5. The zero-order chi connectivity index (χ0) is 33.5. The van der Waals surface area contributed by atoms with E-state index in [1.165, 1.54) is 15.8 Å². The number of aliphatic hydroxyl groups is 1. The third kappa shape index (κ3) is 5.05. The monoisotopic (exact) mass is 657 g/mol. The van der Waals surface area contributed by atoms with E-state index in [0.717, 1.165) is 23.1 Å². The highest BCUT2D eigenvalue weighted by atomic mass is 32.2. The Kier molecular flexibility index (Phi) is 7.91. The minimum atomic E-state index is -3.67. The number of ether oxygens (including phenoxy) is 1. The number of likely N-dealkylation sites (N-methyl/N-ethyl adjacent to an activating group) is 1. The van der Waals surface area contributed by atoms with Gasteiger partial charge in [0.05, 0.1) is 12.2 Å². The van der Waals surface area contributed by atoms with E-state index < -0.39 is 51.6 Å². The molecule has 0 spiro atoms. The van der Waals surface area contributed by atoms with Gasteiger partial charge in [0.15, 0.2) is 0 Å². The number of aromatic nitrogens is 1. The molecular weight excluding hydrogens is 614 g/mol. The van der Waals surface area contributed by atoms with Crippen molar-refractivity contribution < 1.29 is 37.2 Å². The second-order valence-electron chi connectivity index (χ2n) is 13.9. The van der Waals surface area contributed by atoms with Gasteiger partial charge in [-0.2, -0.15) is 8.42 Å². The highest BCUT2D eigenvalue weighted by Crippen LogP contribution is 2.49. The van der Waals surface area contributed by atoms with Crippen LogP contribution in [0.1, 0.15) is 51.7 Å². The summed E-state index contributed by atoms with van der Waals surface area (Å²) in [5, 5.41) is 16.2. The number of nitrogens with one attached hydrogen (secondary N) is 2. The summed E-state index contributed by atoms with van der Waals surface area (Å²) in [5.74, 6) is -4.36. The molecule has 46 heavy (non-hydrogen) atoms.